The molecule has 1 heterocycles. The summed E-state index contributed by atoms with van der Waals surface area (Å²) in [6.07, 6.45) is 5.74. The van der Waals surface area contributed by atoms with Gasteiger partial charge >= 0.3 is 13.8 Å². The van der Waals surface area contributed by atoms with Gasteiger partial charge in [0.15, 0.2) is 11.9 Å². The first-order valence-corrected chi connectivity index (χ1v) is 10.4. The molecule has 0 aromatic rings. The van der Waals surface area contributed by atoms with E-state index in [2.05, 4.69) is 11.4 Å². The van der Waals surface area contributed by atoms with Crippen molar-refractivity contribution in [2.75, 3.05) is 13.2 Å². The number of aliphatic hydroxyl groups is 2. The maximum atomic E-state index is 11.7. The predicted molar refractivity (Wildman–Crippen MR) is 91.7 cm³/mol. The van der Waals surface area contributed by atoms with Crippen LogP contribution in [-0.4, -0.2) is 51.4 Å². The Morgan fingerprint density at radius 3 is 2.23 bits per heavy atom. The summed E-state index contributed by atoms with van der Waals surface area (Å²) in [5.41, 5.74) is 0. The summed E-state index contributed by atoms with van der Waals surface area (Å²) < 4.78 is 25.6. The Kier molecular flexibility index (Phi) is 10.2. The molecule has 0 aliphatic carbocycles. The SMILES string of the molecule is CCCCCCCCCCOC1=C(OP(=O)(O)O)C(=O)O[C@@H]1[C@@H](O)CO. The second kappa shape index (κ2) is 11.6. The zero-order valence-corrected chi connectivity index (χ0v) is 15.9. The lowest BCUT2D eigenvalue weighted by atomic mass is 10.1. The molecular formula is C16H29O9P. The molecule has 9 nitrogen and oxygen atoms in total. The van der Waals surface area contributed by atoms with Crippen LogP contribution in [0.5, 0.6) is 0 Å². The number of carbonyl (C=O) groups is 1. The number of hydrogen-bond acceptors (Lipinski definition) is 7. The zero-order chi connectivity index (χ0) is 19.6. The van der Waals surface area contributed by atoms with E-state index in [1.165, 1.54) is 25.7 Å². The number of rotatable bonds is 14. The second-order valence-corrected chi connectivity index (χ2v) is 7.34. The number of cyclic esters (lactones) is 1. The molecule has 152 valence electrons. The van der Waals surface area contributed by atoms with Crippen molar-refractivity contribution in [3.63, 3.8) is 0 Å². The molecule has 0 saturated heterocycles. The van der Waals surface area contributed by atoms with Crippen molar-refractivity contribution in [2.45, 2.75) is 70.5 Å². The van der Waals surface area contributed by atoms with Gasteiger partial charge in [-0.15, -0.1) is 0 Å². The molecule has 1 rings (SSSR count). The minimum absolute atomic E-state index is 0.170. The quantitative estimate of drug-likeness (QED) is 0.196. The van der Waals surface area contributed by atoms with Gasteiger partial charge in [-0.2, -0.15) is 0 Å². The highest BCUT2D eigenvalue weighted by molar-refractivity contribution is 7.46. The van der Waals surface area contributed by atoms with Crippen molar-refractivity contribution in [3.8, 4) is 0 Å². The summed E-state index contributed by atoms with van der Waals surface area (Å²) in [7, 11) is -5.00. The van der Waals surface area contributed by atoms with Crippen LogP contribution >= 0.6 is 7.82 Å². The smallest absolute Gasteiger partial charge is 0.490 e. The van der Waals surface area contributed by atoms with Crippen molar-refractivity contribution in [1.29, 1.82) is 0 Å². The van der Waals surface area contributed by atoms with Gasteiger partial charge in [-0.05, 0) is 6.42 Å². The Hall–Kier alpha value is -1.12. The number of hydrogen-bond donors (Lipinski definition) is 4. The van der Waals surface area contributed by atoms with Crippen LogP contribution in [0.1, 0.15) is 58.3 Å². The lowest BCUT2D eigenvalue weighted by Gasteiger charge is -2.18. The Labute approximate surface area is 153 Å². The van der Waals surface area contributed by atoms with Crippen LogP contribution in [0.2, 0.25) is 0 Å². The van der Waals surface area contributed by atoms with Crippen molar-refractivity contribution in [1.82, 2.24) is 0 Å². The molecule has 0 bridgehead atoms. The fourth-order valence-corrected chi connectivity index (χ4v) is 2.97. The topological polar surface area (TPSA) is 143 Å². The van der Waals surface area contributed by atoms with Crippen LogP contribution in [0, 0.1) is 0 Å². The Morgan fingerprint density at radius 1 is 1.12 bits per heavy atom. The molecule has 1 aliphatic rings. The van der Waals surface area contributed by atoms with E-state index in [0.717, 1.165) is 19.3 Å². The van der Waals surface area contributed by atoms with Gasteiger partial charge in [-0.3, -0.25) is 9.79 Å². The molecule has 4 N–H and O–H groups in total. The van der Waals surface area contributed by atoms with Gasteiger partial charge in [0.25, 0.3) is 5.76 Å². The fourth-order valence-electron chi connectivity index (χ4n) is 2.57. The van der Waals surface area contributed by atoms with Crippen LogP contribution in [-0.2, 0) is 23.4 Å². The van der Waals surface area contributed by atoms with E-state index in [0.29, 0.717) is 6.42 Å². The molecule has 0 spiro atoms. The van der Waals surface area contributed by atoms with Gasteiger partial charge < -0.3 is 24.2 Å². The first-order valence-electron chi connectivity index (χ1n) is 8.92. The molecule has 0 saturated carbocycles. The van der Waals surface area contributed by atoms with Gasteiger partial charge in [0.05, 0.1) is 13.2 Å². The highest BCUT2D eigenvalue weighted by atomic mass is 31.2. The maximum Gasteiger partial charge on any atom is 0.525 e. The number of unbranched alkanes of at least 4 members (excludes halogenated alkanes) is 7. The summed E-state index contributed by atoms with van der Waals surface area (Å²) >= 11 is 0. The molecule has 0 amide bonds. The number of ether oxygens (including phenoxy) is 2. The number of phosphoric acid groups is 1. The monoisotopic (exact) mass is 396 g/mol. The van der Waals surface area contributed by atoms with E-state index in [1.807, 2.05) is 0 Å². The Bertz CT molecular complexity index is 514. The average Bonchev–Trinajstić information content (AvgIpc) is 2.87. The molecule has 26 heavy (non-hydrogen) atoms. The van der Waals surface area contributed by atoms with Gasteiger partial charge in [-0.1, -0.05) is 51.9 Å². The van der Waals surface area contributed by atoms with Gasteiger partial charge in [-0.25, -0.2) is 9.36 Å². The van der Waals surface area contributed by atoms with Gasteiger partial charge in [0, 0.05) is 0 Å². The van der Waals surface area contributed by atoms with Crippen LogP contribution < -0.4 is 0 Å². The maximum absolute atomic E-state index is 11.7. The van der Waals surface area contributed by atoms with Crippen molar-refractivity contribution >= 4 is 13.8 Å². The third kappa shape index (κ3) is 8.05. The number of esters is 1. The molecular weight excluding hydrogens is 367 g/mol. The van der Waals surface area contributed by atoms with Crippen LogP contribution in [0.15, 0.2) is 11.5 Å². The summed E-state index contributed by atoms with van der Waals surface area (Å²) in [5.74, 6) is -2.23. The lowest BCUT2D eigenvalue weighted by molar-refractivity contribution is -0.148. The van der Waals surface area contributed by atoms with E-state index in [9.17, 15) is 14.5 Å². The van der Waals surface area contributed by atoms with Crippen molar-refractivity contribution in [3.05, 3.63) is 11.5 Å². The van der Waals surface area contributed by atoms with Crippen LogP contribution in [0.4, 0.5) is 0 Å². The first kappa shape index (κ1) is 22.9. The van der Waals surface area contributed by atoms with E-state index in [4.69, 9.17) is 24.4 Å². The molecule has 1 aliphatic heterocycles. The molecule has 2 atom stereocenters. The summed E-state index contributed by atoms with van der Waals surface area (Å²) in [6.45, 7) is 1.62. The third-order valence-electron chi connectivity index (χ3n) is 3.90. The zero-order valence-electron chi connectivity index (χ0n) is 15.0. The molecule has 0 unspecified atom stereocenters. The minimum atomic E-state index is -5.00. The Balaban J connectivity index is 2.53. The number of aliphatic hydroxyl groups excluding tert-OH is 2. The standard InChI is InChI=1S/C16H29O9P/c1-2-3-4-5-6-7-8-9-10-23-14-13(12(18)11-17)24-16(19)15(14)25-26(20,21)22/h12-13,17-18H,2-11H2,1H3,(H2,20,21,22)/t12-,13+/m0/s1. The van der Waals surface area contributed by atoms with Crippen molar-refractivity contribution < 1.29 is 43.4 Å². The predicted octanol–water partition coefficient (Wildman–Crippen LogP) is 1.74. The van der Waals surface area contributed by atoms with Gasteiger partial charge in [0.1, 0.15) is 6.10 Å². The second-order valence-electron chi connectivity index (χ2n) is 6.17. The molecule has 0 radical (unpaired) electrons. The molecule has 0 fully saturated rings. The normalized spacial score (nSPS) is 18.8. The van der Waals surface area contributed by atoms with Crippen LogP contribution in [0.3, 0.4) is 0 Å². The van der Waals surface area contributed by atoms with E-state index < -0.39 is 38.4 Å². The highest BCUT2D eigenvalue weighted by Gasteiger charge is 2.44. The molecule has 0 aromatic heterocycles. The fraction of sp³-hybridized carbons (Fsp3) is 0.812. The lowest BCUT2D eigenvalue weighted by Crippen LogP contribution is -2.32. The molecule has 10 heteroatoms. The van der Waals surface area contributed by atoms with Gasteiger partial charge in [0.2, 0.25) is 0 Å². The molecule has 0 aromatic carbocycles. The van der Waals surface area contributed by atoms with E-state index in [-0.39, 0.29) is 12.4 Å². The van der Waals surface area contributed by atoms with E-state index in [1.54, 1.807) is 0 Å². The third-order valence-corrected chi connectivity index (χ3v) is 4.32. The summed E-state index contributed by atoms with van der Waals surface area (Å²) in [6, 6.07) is 0. The summed E-state index contributed by atoms with van der Waals surface area (Å²) in [4.78, 5) is 29.5. The Morgan fingerprint density at radius 2 is 1.69 bits per heavy atom. The van der Waals surface area contributed by atoms with E-state index >= 15 is 0 Å². The van der Waals surface area contributed by atoms with Crippen LogP contribution in [0.25, 0.3) is 0 Å². The average molecular weight is 396 g/mol. The number of phosphoric ester groups is 1. The summed E-state index contributed by atoms with van der Waals surface area (Å²) in [5, 5.41) is 18.7. The minimum Gasteiger partial charge on any atom is -0.490 e. The largest absolute Gasteiger partial charge is 0.525 e. The highest BCUT2D eigenvalue weighted by Crippen LogP contribution is 2.42. The first-order chi connectivity index (χ1) is 12.3. The number of carbonyl (C=O) groups excluding carboxylic acids is 1. The van der Waals surface area contributed by atoms with Crippen molar-refractivity contribution in [2.24, 2.45) is 0 Å².